The summed E-state index contributed by atoms with van der Waals surface area (Å²) in [5, 5.41) is 10.1. The van der Waals surface area contributed by atoms with Crippen molar-refractivity contribution in [2.45, 2.75) is 77.7 Å². The van der Waals surface area contributed by atoms with Gasteiger partial charge in [-0.2, -0.15) is 0 Å². The molecule has 0 aliphatic heterocycles. The molecule has 4 aliphatic carbocycles. The Balaban J connectivity index is 1.62. The summed E-state index contributed by atoms with van der Waals surface area (Å²) in [6, 6.07) is 0. The van der Waals surface area contributed by atoms with Gasteiger partial charge in [-0.1, -0.05) is 13.8 Å². The molecule has 1 N–H and O–H groups in total. The molecule has 124 valence electrons. The summed E-state index contributed by atoms with van der Waals surface area (Å²) < 4.78 is 0. The van der Waals surface area contributed by atoms with Crippen LogP contribution in [0.25, 0.3) is 0 Å². The number of rotatable bonds is 1. The Morgan fingerprint density at radius 2 is 1.64 bits per heavy atom. The summed E-state index contributed by atoms with van der Waals surface area (Å²) in [5.74, 6) is 3.54. The number of fused-ring (bicyclic) bond motifs is 5. The van der Waals surface area contributed by atoms with Crippen molar-refractivity contribution >= 4 is 6.29 Å². The van der Waals surface area contributed by atoms with Crippen molar-refractivity contribution in [2.75, 3.05) is 0 Å². The number of aliphatic hydroxyl groups excluding tert-OH is 1. The van der Waals surface area contributed by atoms with Gasteiger partial charge in [0, 0.05) is 5.92 Å². The van der Waals surface area contributed by atoms with Crippen LogP contribution in [-0.2, 0) is 4.79 Å². The van der Waals surface area contributed by atoms with E-state index in [-0.39, 0.29) is 6.10 Å². The normalized spacial score (nSPS) is 57.6. The molecule has 0 aromatic rings. The Bertz CT molecular complexity index is 461. The third kappa shape index (κ3) is 1.92. The lowest BCUT2D eigenvalue weighted by Gasteiger charge is -2.60. The van der Waals surface area contributed by atoms with Gasteiger partial charge in [-0.3, -0.25) is 0 Å². The van der Waals surface area contributed by atoms with Gasteiger partial charge in [0.15, 0.2) is 0 Å². The van der Waals surface area contributed by atoms with E-state index in [4.69, 9.17) is 0 Å². The molecule has 0 amide bonds. The standard InChI is InChI=1S/C20H32O2/c1-19-9-7-15(22)11-13(19)3-5-16-17-6-4-14(12-21)20(17,2)10-8-18(16)19/h12-18,22H,3-11H2,1-2H3/t13-,14+,15-,16-,17-,18-,19-,20+/m0/s1. The third-order valence-corrected chi connectivity index (χ3v) is 8.88. The minimum absolute atomic E-state index is 0.0468. The van der Waals surface area contributed by atoms with E-state index in [0.717, 1.165) is 42.9 Å². The molecule has 0 saturated heterocycles. The van der Waals surface area contributed by atoms with Crippen LogP contribution in [0, 0.1) is 40.4 Å². The second kappa shape index (κ2) is 5.06. The zero-order chi connectivity index (χ0) is 15.5. The average Bonchev–Trinajstić information content (AvgIpc) is 2.84. The molecule has 4 saturated carbocycles. The minimum Gasteiger partial charge on any atom is -0.393 e. The molecule has 22 heavy (non-hydrogen) atoms. The lowest BCUT2D eigenvalue weighted by Crippen LogP contribution is -2.54. The number of hydrogen-bond acceptors (Lipinski definition) is 2. The van der Waals surface area contributed by atoms with Crippen LogP contribution in [0.3, 0.4) is 0 Å². The summed E-state index contributed by atoms with van der Waals surface area (Å²) in [7, 11) is 0. The number of hydrogen-bond donors (Lipinski definition) is 1. The quantitative estimate of drug-likeness (QED) is 0.737. The Labute approximate surface area is 135 Å². The minimum atomic E-state index is -0.0468. The van der Waals surface area contributed by atoms with E-state index in [2.05, 4.69) is 13.8 Å². The van der Waals surface area contributed by atoms with Crippen LogP contribution in [0.2, 0.25) is 0 Å². The van der Waals surface area contributed by atoms with E-state index in [1.807, 2.05) is 0 Å². The van der Waals surface area contributed by atoms with Crippen molar-refractivity contribution in [3.8, 4) is 0 Å². The molecule has 4 fully saturated rings. The van der Waals surface area contributed by atoms with E-state index in [1.165, 1.54) is 44.8 Å². The molecule has 0 unspecified atom stereocenters. The first kappa shape index (κ1) is 15.2. The highest BCUT2D eigenvalue weighted by Gasteiger charge is 2.59. The molecule has 2 heteroatoms. The van der Waals surface area contributed by atoms with Crippen molar-refractivity contribution in [2.24, 2.45) is 40.4 Å². The molecule has 4 rings (SSSR count). The van der Waals surface area contributed by atoms with Gasteiger partial charge < -0.3 is 9.90 Å². The summed E-state index contributed by atoms with van der Waals surface area (Å²) >= 11 is 0. The highest BCUT2D eigenvalue weighted by molar-refractivity contribution is 5.56. The maximum atomic E-state index is 11.5. The fraction of sp³-hybridized carbons (Fsp3) is 0.950. The third-order valence-electron chi connectivity index (χ3n) is 8.88. The van der Waals surface area contributed by atoms with E-state index in [0.29, 0.717) is 16.7 Å². The number of aldehydes is 1. The van der Waals surface area contributed by atoms with Crippen LogP contribution in [0.4, 0.5) is 0 Å². The molecule has 0 bridgehead atoms. The smallest absolute Gasteiger partial charge is 0.123 e. The van der Waals surface area contributed by atoms with Gasteiger partial charge in [-0.25, -0.2) is 0 Å². The summed E-state index contributed by atoms with van der Waals surface area (Å²) in [6.07, 6.45) is 12.2. The first-order valence-corrected chi connectivity index (χ1v) is 9.62. The van der Waals surface area contributed by atoms with Gasteiger partial charge in [0.05, 0.1) is 6.10 Å². The van der Waals surface area contributed by atoms with Crippen molar-refractivity contribution in [3.05, 3.63) is 0 Å². The van der Waals surface area contributed by atoms with Gasteiger partial charge in [0.1, 0.15) is 6.29 Å². The Hall–Kier alpha value is -0.370. The fourth-order valence-corrected chi connectivity index (χ4v) is 7.50. The summed E-state index contributed by atoms with van der Waals surface area (Å²) in [4.78, 5) is 11.5. The number of carbonyl (C=O) groups excluding carboxylic acids is 1. The average molecular weight is 304 g/mol. The Morgan fingerprint density at radius 3 is 2.41 bits per heavy atom. The molecule has 0 aromatic carbocycles. The van der Waals surface area contributed by atoms with Crippen LogP contribution < -0.4 is 0 Å². The van der Waals surface area contributed by atoms with E-state index >= 15 is 0 Å². The monoisotopic (exact) mass is 304 g/mol. The highest BCUT2D eigenvalue weighted by atomic mass is 16.3. The largest absolute Gasteiger partial charge is 0.393 e. The van der Waals surface area contributed by atoms with Crippen molar-refractivity contribution in [1.29, 1.82) is 0 Å². The lowest BCUT2D eigenvalue weighted by atomic mass is 9.45. The first-order valence-electron chi connectivity index (χ1n) is 9.62. The van der Waals surface area contributed by atoms with Crippen molar-refractivity contribution < 1.29 is 9.90 Å². The molecule has 0 heterocycles. The van der Waals surface area contributed by atoms with Crippen LogP contribution in [0.15, 0.2) is 0 Å². The molecule has 8 atom stereocenters. The predicted octanol–water partition coefficient (Wildman–Crippen LogP) is 4.21. The Kier molecular flexibility index (Phi) is 3.49. The molecule has 0 aromatic heterocycles. The van der Waals surface area contributed by atoms with Gasteiger partial charge in [0.2, 0.25) is 0 Å². The molecular formula is C20H32O2. The van der Waals surface area contributed by atoms with E-state index in [9.17, 15) is 9.90 Å². The van der Waals surface area contributed by atoms with Gasteiger partial charge in [-0.15, -0.1) is 0 Å². The molecule has 2 nitrogen and oxygen atoms in total. The van der Waals surface area contributed by atoms with Gasteiger partial charge >= 0.3 is 0 Å². The molecular weight excluding hydrogens is 272 g/mol. The predicted molar refractivity (Wildman–Crippen MR) is 87.3 cm³/mol. The van der Waals surface area contributed by atoms with Gasteiger partial charge in [-0.05, 0) is 92.3 Å². The first-order chi connectivity index (χ1) is 10.5. The van der Waals surface area contributed by atoms with Crippen molar-refractivity contribution in [3.63, 3.8) is 0 Å². The van der Waals surface area contributed by atoms with Crippen LogP contribution in [0.5, 0.6) is 0 Å². The summed E-state index contributed by atoms with van der Waals surface area (Å²) in [6.45, 7) is 4.95. The van der Waals surface area contributed by atoms with E-state index in [1.54, 1.807) is 0 Å². The van der Waals surface area contributed by atoms with Crippen LogP contribution in [0.1, 0.15) is 71.6 Å². The van der Waals surface area contributed by atoms with E-state index < -0.39 is 0 Å². The summed E-state index contributed by atoms with van der Waals surface area (Å²) in [5.41, 5.74) is 0.753. The maximum Gasteiger partial charge on any atom is 0.123 e. The zero-order valence-electron chi connectivity index (χ0n) is 14.3. The van der Waals surface area contributed by atoms with Crippen LogP contribution >= 0.6 is 0 Å². The number of aliphatic hydroxyl groups is 1. The topological polar surface area (TPSA) is 37.3 Å². The fourth-order valence-electron chi connectivity index (χ4n) is 7.50. The van der Waals surface area contributed by atoms with Crippen LogP contribution in [-0.4, -0.2) is 17.5 Å². The molecule has 4 aliphatic rings. The zero-order valence-corrected chi connectivity index (χ0v) is 14.3. The van der Waals surface area contributed by atoms with Gasteiger partial charge in [0.25, 0.3) is 0 Å². The SMILES string of the molecule is C[C@]12CC[C@H](O)C[C@@H]1CC[C@@H]1[C@@H]2CC[C@]2(C)[C@@H](C=O)CC[C@@H]12. The van der Waals surface area contributed by atoms with Crippen molar-refractivity contribution in [1.82, 2.24) is 0 Å². The molecule has 0 radical (unpaired) electrons. The lowest BCUT2D eigenvalue weighted by molar-refractivity contribution is -0.133. The number of carbonyl (C=O) groups is 1. The maximum absolute atomic E-state index is 11.5. The second-order valence-corrected chi connectivity index (χ2v) is 9.45. The highest BCUT2D eigenvalue weighted by Crippen LogP contribution is 2.67. The second-order valence-electron chi connectivity index (χ2n) is 9.45. The molecule has 0 spiro atoms. The Morgan fingerprint density at radius 1 is 0.909 bits per heavy atom.